The molecule has 0 spiro atoms. The Morgan fingerprint density at radius 2 is 2.24 bits per heavy atom. The number of benzene rings is 1. The summed E-state index contributed by atoms with van der Waals surface area (Å²) in [6.45, 7) is 8.26. The van der Waals surface area contributed by atoms with Gasteiger partial charge < -0.3 is 15.0 Å². The van der Waals surface area contributed by atoms with Crippen LogP contribution < -0.4 is 10.2 Å². The van der Waals surface area contributed by atoms with Gasteiger partial charge in [0.15, 0.2) is 0 Å². The van der Waals surface area contributed by atoms with E-state index in [1.807, 2.05) is 0 Å². The molecule has 1 atom stereocenters. The van der Waals surface area contributed by atoms with Crippen molar-refractivity contribution in [1.82, 2.24) is 5.32 Å². The van der Waals surface area contributed by atoms with Gasteiger partial charge in [0.25, 0.3) is 0 Å². The van der Waals surface area contributed by atoms with E-state index in [1.54, 1.807) is 7.11 Å². The number of nitrogens with one attached hydrogen (secondary N) is 1. The molecule has 3 heteroatoms. The lowest BCUT2D eigenvalue weighted by Crippen LogP contribution is -2.53. The van der Waals surface area contributed by atoms with Crippen LogP contribution in [0, 0.1) is 13.8 Å². The molecule has 1 aliphatic rings. The number of methoxy groups -OCH3 is 1. The number of hydrogen-bond donors (Lipinski definition) is 1. The normalized spacial score (nSPS) is 20.6. The summed E-state index contributed by atoms with van der Waals surface area (Å²) in [4.78, 5) is 2.47. The van der Waals surface area contributed by atoms with Gasteiger partial charge in [-0.05, 0) is 31.0 Å². The molecular formula is C14H22N2O. The molecule has 1 aromatic rings. The van der Waals surface area contributed by atoms with E-state index in [9.17, 15) is 0 Å². The Balaban J connectivity index is 2.26. The minimum atomic E-state index is 0.439. The highest BCUT2D eigenvalue weighted by Gasteiger charge is 2.23. The SMILES string of the molecule is COCC1CNCCN1c1cccc(C)c1C. The summed E-state index contributed by atoms with van der Waals surface area (Å²) in [7, 11) is 1.77. The molecule has 0 radical (unpaired) electrons. The van der Waals surface area contributed by atoms with Gasteiger partial charge in [0.05, 0.1) is 12.6 Å². The summed E-state index contributed by atoms with van der Waals surface area (Å²) in [5.74, 6) is 0. The Morgan fingerprint density at radius 1 is 1.41 bits per heavy atom. The molecule has 17 heavy (non-hydrogen) atoms. The van der Waals surface area contributed by atoms with Crippen molar-refractivity contribution < 1.29 is 4.74 Å². The summed E-state index contributed by atoms with van der Waals surface area (Å²) in [5.41, 5.74) is 4.10. The van der Waals surface area contributed by atoms with Crippen molar-refractivity contribution in [3.05, 3.63) is 29.3 Å². The third-order valence-corrected chi connectivity index (χ3v) is 3.59. The number of nitrogens with zero attached hydrogens (tertiary/aromatic N) is 1. The number of anilines is 1. The van der Waals surface area contributed by atoms with Crippen LogP contribution in [-0.2, 0) is 4.74 Å². The van der Waals surface area contributed by atoms with Crippen LogP contribution in [0.25, 0.3) is 0 Å². The van der Waals surface area contributed by atoms with E-state index in [-0.39, 0.29) is 0 Å². The molecule has 1 saturated heterocycles. The first-order valence-corrected chi connectivity index (χ1v) is 6.26. The van der Waals surface area contributed by atoms with Gasteiger partial charge in [0.1, 0.15) is 0 Å². The summed E-state index contributed by atoms with van der Waals surface area (Å²) in [6, 6.07) is 6.97. The first-order valence-electron chi connectivity index (χ1n) is 6.26. The molecule has 1 fully saturated rings. The van der Waals surface area contributed by atoms with Crippen molar-refractivity contribution in [2.45, 2.75) is 19.9 Å². The minimum absolute atomic E-state index is 0.439. The number of aryl methyl sites for hydroxylation is 1. The summed E-state index contributed by atoms with van der Waals surface area (Å²) in [6.07, 6.45) is 0. The van der Waals surface area contributed by atoms with Crippen LogP contribution in [0.4, 0.5) is 5.69 Å². The van der Waals surface area contributed by atoms with Crippen molar-refractivity contribution >= 4 is 5.69 Å². The maximum Gasteiger partial charge on any atom is 0.0678 e. The van der Waals surface area contributed by atoms with Crippen LogP contribution in [0.15, 0.2) is 18.2 Å². The first-order chi connectivity index (χ1) is 8.24. The zero-order valence-electron chi connectivity index (χ0n) is 11.0. The zero-order valence-corrected chi connectivity index (χ0v) is 11.0. The molecule has 0 bridgehead atoms. The highest BCUT2D eigenvalue weighted by Crippen LogP contribution is 2.25. The van der Waals surface area contributed by atoms with Crippen LogP contribution in [-0.4, -0.2) is 39.4 Å². The average molecular weight is 234 g/mol. The fourth-order valence-electron chi connectivity index (χ4n) is 2.47. The largest absolute Gasteiger partial charge is 0.383 e. The Hall–Kier alpha value is -1.06. The van der Waals surface area contributed by atoms with Crippen molar-refractivity contribution in [3.8, 4) is 0 Å². The van der Waals surface area contributed by atoms with Crippen molar-refractivity contribution in [2.24, 2.45) is 0 Å². The monoisotopic (exact) mass is 234 g/mol. The summed E-state index contributed by atoms with van der Waals surface area (Å²) in [5, 5.41) is 3.43. The number of ether oxygens (including phenoxy) is 1. The van der Waals surface area contributed by atoms with E-state index in [1.165, 1.54) is 16.8 Å². The molecule has 1 aromatic carbocycles. The van der Waals surface area contributed by atoms with E-state index in [0.717, 1.165) is 26.2 Å². The minimum Gasteiger partial charge on any atom is -0.383 e. The fraction of sp³-hybridized carbons (Fsp3) is 0.571. The van der Waals surface area contributed by atoms with Crippen molar-refractivity contribution in [2.75, 3.05) is 38.3 Å². The molecule has 94 valence electrons. The second kappa shape index (κ2) is 5.52. The van der Waals surface area contributed by atoms with Crippen LogP contribution in [0.5, 0.6) is 0 Å². The third-order valence-electron chi connectivity index (χ3n) is 3.59. The van der Waals surface area contributed by atoms with Gasteiger partial charge in [-0.1, -0.05) is 12.1 Å². The van der Waals surface area contributed by atoms with Gasteiger partial charge in [-0.15, -0.1) is 0 Å². The Labute approximate surface area is 104 Å². The molecule has 0 amide bonds. The van der Waals surface area contributed by atoms with Gasteiger partial charge >= 0.3 is 0 Å². The smallest absolute Gasteiger partial charge is 0.0678 e. The van der Waals surface area contributed by atoms with Gasteiger partial charge in [-0.2, -0.15) is 0 Å². The molecule has 0 aromatic heterocycles. The predicted octanol–water partition coefficient (Wildman–Crippen LogP) is 1.73. The predicted molar refractivity (Wildman–Crippen MR) is 71.8 cm³/mol. The van der Waals surface area contributed by atoms with E-state index in [0.29, 0.717) is 6.04 Å². The number of rotatable bonds is 3. The quantitative estimate of drug-likeness (QED) is 0.862. The average Bonchev–Trinajstić information content (AvgIpc) is 2.34. The topological polar surface area (TPSA) is 24.5 Å². The Morgan fingerprint density at radius 3 is 3.00 bits per heavy atom. The second-order valence-electron chi connectivity index (χ2n) is 4.73. The first kappa shape index (κ1) is 12.4. The standard InChI is InChI=1S/C14H22N2O/c1-11-5-4-6-14(12(11)2)16-8-7-15-9-13(16)10-17-3/h4-6,13,15H,7-10H2,1-3H3. The van der Waals surface area contributed by atoms with Gasteiger partial charge in [0, 0.05) is 32.4 Å². The molecule has 0 saturated carbocycles. The van der Waals surface area contributed by atoms with Gasteiger partial charge in [-0.3, -0.25) is 0 Å². The van der Waals surface area contributed by atoms with Crippen LogP contribution in [0.2, 0.25) is 0 Å². The van der Waals surface area contributed by atoms with E-state index < -0.39 is 0 Å². The van der Waals surface area contributed by atoms with E-state index in [2.05, 4.69) is 42.3 Å². The number of piperazine rings is 1. The molecule has 1 N–H and O–H groups in total. The number of hydrogen-bond acceptors (Lipinski definition) is 3. The van der Waals surface area contributed by atoms with E-state index in [4.69, 9.17) is 4.74 Å². The van der Waals surface area contributed by atoms with Crippen LogP contribution in [0.3, 0.4) is 0 Å². The lowest BCUT2D eigenvalue weighted by molar-refractivity contribution is 0.170. The van der Waals surface area contributed by atoms with Crippen molar-refractivity contribution in [1.29, 1.82) is 0 Å². The molecule has 0 aliphatic carbocycles. The van der Waals surface area contributed by atoms with Crippen LogP contribution >= 0.6 is 0 Å². The molecule has 3 nitrogen and oxygen atoms in total. The summed E-state index contributed by atoms with van der Waals surface area (Å²) >= 11 is 0. The Bertz CT molecular complexity index is 376. The van der Waals surface area contributed by atoms with E-state index >= 15 is 0 Å². The third kappa shape index (κ3) is 2.61. The second-order valence-corrected chi connectivity index (χ2v) is 4.73. The lowest BCUT2D eigenvalue weighted by atomic mass is 10.0. The van der Waals surface area contributed by atoms with Crippen molar-refractivity contribution in [3.63, 3.8) is 0 Å². The highest BCUT2D eigenvalue weighted by molar-refractivity contribution is 5.57. The fourth-order valence-corrected chi connectivity index (χ4v) is 2.47. The maximum absolute atomic E-state index is 5.32. The summed E-state index contributed by atoms with van der Waals surface area (Å²) < 4.78 is 5.32. The molecule has 2 rings (SSSR count). The van der Waals surface area contributed by atoms with Gasteiger partial charge in [0.2, 0.25) is 0 Å². The molecule has 1 heterocycles. The highest BCUT2D eigenvalue weighted by atomic mass is 16.5. The molecular weight excluding hydrogens is 212 g/mol. The lowest BCUT2D eigenvalue weighted by Gasteiger charge is -2.38. The molecule has 1 aliphatic heterocycles. The maximum atomic E-state index is 5.32. The Kier molecular flexibility index (Phi) is 4.02. The molecule has 1 unspecified atom stereocenters. The zero-order chi connectivity index (χ0) is 12.3. The van der Waals surface area contributed by atoms with Gasteiger partial charge in [-0.25, -0.2) is 0 Å². The van der Waals surface area contributed by atoms with Crippen LogP contribution in [0.1, 0.15) is 11.1 Å².